The SMILES string of the molecule is CCCCCCC(CCCC(CCCCCC)(CCCCCC)C(=O)O)C(CCCCCC)(CCCCCC)C(CCCCCC)(CCCCCC)CCCCCC. The van der Waals surface area contributed by atoms with E-state index in [1.54, 1.807) is 0 Å². The maximum Gasteiger partial charge on any atom is 0.309 e. The third-order valence-corrected chi connectivity index (χ3v) is 15.4. The Morgan fingerprint density at radius 3 is 0.897 bits per heavy atom. The van der Waals surface area contributed by atoms with Crippen molar-refractivity contribution in [3.63, 3.8) is 0 Å². The first-order chi connectivity index (χ1) is 28.3. The Morgan fingerprint density at radius 1 is 0.328 bits per heavy atom. The molecule has 0 aromatic carbocycles. The van der Waals surface area contributed by atoms with Crippen LogP contribution in [0.2, 0.25) is 0 Å². The molecule has 348 valence electrons. The van der Waals surface area contributed by atoms with Crippen LogP contribution in [-0.4, -0.2) is 11.1 Å². The molecule has 0 saturated heterocycles. The van der Waals surface area contributed by atoms with Gasteiger partial charge in [-0.25, -0.2) is 0 Å². The lowest BCUT2D eigenvalue weighted by Gasteiger charge is -2.57. The topological polar surface area (TPSA) is 37.3 Å². The van der Waals surface area contributed by atoms with E-state index < -0.39 is 11.4 Å². The zero-order chi connectivity index (χ0) is 43.1. The molecule has 58 heavy (non-hydrogen) atoms. The Hall–Kier alpha value is -0.530. The fourth-order valence-electron chi connectivity index (χ4n) is 11.7. The molecule has 0 saturated carbocycles. The highest BCUT2D eigenvalue weighted by Gasteiger charge is 2.52. The molecule has 0 aliphatic rings. The van der Waals surface area contributed by atoms with E-state index in [0.717, 1.165) is 44.4 Å². The number of carbonyl (C=O) groups is 1. The number of hydrogen-bond donors (Lipinski definition) is 1. The lowest BCUT2D eigenvalue weighted by molar-refractivity contribution is -0.151. The molecule has 0 aromatic heterocycles. The Morgan fingerprint density at radius 2 is 0.586 bits per heavy atom. The van der Waals surface area contributed by atoms with Gasteiger partial charge in [-0.2, -0.15) is 0 Å². The zero-order valence-corrected chi connectivity index (χ0v) is 41.8. The van der Waals surface area contributed by atoms with E-state index in [4.69, 9.17) is 0 Å². The molecule has 2 heteroatoms. The van der Waals surface area contributed by atoms with E-state index in [1.165, 1.54) is 238 Å². The Kier molecular flexibility index (Phi) is 39.0. The number of unbranched alkanes of at least 4 members (excludes halogenated alkanes) is 24. The first-order valence-electron chi connectivity index (χ1n) is 27.5. The van der Waals surface area contributed by atoms with E-state index >= 15 is 0 Å². The summed E-state index contributed by atoms with van der Waals surface area (Å²) in [4.78, 5) is 13.5. The van der Waals surface area contributed by atoms with E-state index in [1.807, 2.05) is 0 Å². The highest BCUT2D eigenvalue weighted by molar-refractivity contribution is 5.74. The summed E-state index contributed by atoms with van der Waals surface area (Å²) in [5.74, 6) is 0.255. The predicted molar refractivity (Wildman–Crippen MR) is 262 cm³/mol. The van der Waals surface area contributed by atoms with Crippen molar-refractivity contribution in [3.8, 4) is 0 Å². The second kappa shape index (κ2) is 39.3. The van der Waals surface area contributed by atoms with Gasteiger partial charge in [-0.15, -0.1) is 0 Å². The maximum atomic E-state index is 13.5. The van der Waals surface area contributed by atoms with E-state index in [2.05, 4.69) is 55.4 Å². The fraction of sp³-hybridized carbons (Fsp3) is 0.982. The Balaban J connectivity index is 7.58. The molecule has 0 rings (SSSR count). The summed E-state index contributed by atoms with van der Waals surface area (Å²) < 4.78 is 0. The average Bonchev–Trinajstić information content (AvgIpc) is 3.22. The first kappa shape index (κ1) is 57.5. The van der Waals surface area contributed by atoms with E-state index in [-0.39, 0.29) is 0 Å². The Bertz CT molecular complexity index is 805. The van der Waals surface area contributed by atoms with Crippen LogP contribution < -0.4 is 0 Å². The monoisotopic (exact) mass is 817 g/mol. The molecular weight excluding hydrogens is 705 g/mol. The molecule has 2 nitrogen and oxygen atoms in total. The molecule has 0 amide bonds. The maximum absolute atomic E-state index is 13.5. The smallest absolute Gasteiger partial charge is 0.309 e. The van der Waals surface area contributed by atoms with Crippen molar-refractivity contribution in [1.82, 2.24) is 0 Å². The van der Waals surface area contributed by atoms with Crippen LogP contribution >= 0.6 is 0 Å². The van der Waals surface area contributed by atoms with Crippen molar-refractivity contribution < 1.29 is 9.90 Å². The van der Waals surface area contributed by atoms with Gasteiger partial charge < -0.3 is 5.11 Å². The number of carboxylic acid groups (broad SMARTS) is 1. The number of rotatable bonds is 47. The highest BCUT2D eigenvalue weighted by atomic mass is 16.4. The van der Waals surface area contributed by atoms with Crippen LogP contribution in [0.5, 0.6) is 0 Å². The fourth-order valence-corrected chi connectivity index (χ4v) is 11.7. The van der Waals surface area contributed by atoms with Gasteiger partial charge in [0.25, 0.3) is 0 Å². The van der Waals surface area contributed by atoms with Crippen molar-refractivity contribution >= 4 is 5.97 Å². The summed E-state index contributed by atoms with van der Waals surface area (Å²) in [5.41, 5.74) is 0.260. The number of aliphatic carboxylic acids is 1. The van der Waals surface area contributed by atoms with Gasteiger partial charge in [-0.1, -0.05) is 267 Å². The molecule has 0 heterocycles. The second-order valence-corrected chi connectivity index (χ2v) is 20.1. The van der Waals surface area contributed by atoms with Crippen LogP contribution in [0.15, 0.2) is 0 Å². The molecule has 1 unspecified atom stereocenters. The third-order valence-electron chi connectivity index (χ3n) is 15.4. The molecule has 0 aliphatic carbocycles. The van der Waals surface area contributed by atoms with Gasteiger partial charge in [0, 0.05) is 0 Å². The standard InChI is InChI=1S/C56H112O2/c1-9-17-25-33-42-52(43-41-46-54(53(57)58,44-34-26-18-10-2)45-35-27-19-11-3)56(50-39-31-23-15-7,51-40-32-24-16-8)55(47-36-28-20-12-4,48-37-29-21-13-5)49-38-30-22-14-6/h52H,9-51H2,1-8H3,(H,57,58). The Labute approximate surface area is 368 Å². The van der Waals surface area contributed by atoms with Crippen molar-refractivity contribution in [2.24, 2.45) is 22.2 Å². The van der Waals surface area contributed by atoms with Crippen molar-refractivity contribution in [2.75, 3.05) is 0 Å². The van der Waals surface area contributed by atoms with Crippen LogP contribution in [0.4, 0.5) is 0 Å². The van der Waals surface area contributed by atoms with Crippen LogP contribution in [0.1, 0.15) is 331 Å². The largest absolute Gasteiger partial charge is 0.481 e. The minimum atomic E-state index is -0.531. The van der Waals surface area contributed by atoms with Gasteiger partial charge in [0.1, 0.15) is 0 Å². The quantitative estimate of drug-likeness (QED) is 0.0621. The highest BCUT2D eigenvalue weighted by Crippen LogP contribution is 2.62. The summed E-state index contributed by atoms with van der Waals surface area (Å²) in [6.07, 6.45) is 56.1. The molecular formula is C56H112O2. The summed E-state index contributed by atoms with van der Waals surface area (Å²) >= 11 is 0. The van der Waals surface area contributed by atoms with Crippen molar-refractivity contribution in [2.45, 2.75) is 331 Å². The molecule has 1 atom stereocenters. The van der Waals surface area contributed by atoms with Gasteiger partial charge in [-0.05, 0) is 81.0 Å². The summed E-state index contributed by atoms with van der Waals surface area (Å²) in [7, 11) is 0. The van der Waals surface area contributed by atoms with Crippen LogP contribution in [-0.2, 0) is 4.79 Å². The van der Waals surface area contributed by atoms with Gasteiger partial charge >= 0.3 is 5.97 Å². The van der Waals surface area contributed by atoms with Gasteiger partial charge in [0.15, 0.2) is 0 Å². The van der Waals surface area contributed by atoms with E-state index in [9.17, 15) is 9.90 Å². The predicted octanol–water partition coefficient (Wildman–Crippen LogP) is 20.6. The number of carboxylic acids is 1. The summed E-state index contributed by atoms with van der Waals surface area (Å²) in [6, 6.07) is 0. The number of hydrogen-bond acceptors (Lipinski definition) is 1. The van der Waals surface area contributed by atoms with Crippen LogP contribution in [0.3, 0.4) is 0 Å². The normalized spacial score (nSPS) is 13.1. The lowest BCUT2D eigenvalue weighted by Crippen LogP contribution is -2.48. The van der Waals surface area contributed by atoms with Crippen molar-refractivity contribution in [3.05, 3.63) is 0 Å². The van der Waals surface area contributed by atoms with Gasteiger partial charge in [0.2, 0.25) is 0 Å². The van der Waals surface area contributed by atoms with E-state index in [0.29, 0.717) is 10.8 Å². The molecule has 0 radical (unpaired) electrons. The molecule has 0 bridgehead atoms. The van der Waals surface area contributed by atoms with Gasteiger partial charge in [-0.3, -0.25) is 4.79 Å². The minimum absolute atomic E-state index is 0.374. The lowest BCUT2D eigenvalue weighted by atomic mass is 9.47. The zero-order valence-electron chi connectivity index (χ0n) is 41.8. The second-order valence-electron chi connectivity index (χ2n) is 20.1. The molecule has 0 aliphatic heterocycles. The first-order valence-corrected chi connectivity index (χ1v) is 27.5. The molecule has 0 fully saturated rings. The molecule has 0 spiro atoms. The van der Waals surface area contributed by atoms with Crippen LogP contribution in [0, 0.1) is 22.2 Å². The minimum Gasteiger partial charge on any atom is -0.481 e. The summed E-state index contributed by atoms with van der Waals surface area (Å²) in [5, 5.41) is 11.1. The van der Waals surface area contributed by atoms with Gasteiger partial charge in [0.05, 0.1) is 5.41 Å². The van der Waals surface area contributed by atoms with Crippen molar-refractivity contribution in [1.29, 1.82) is 0 Å². The average molecular weight is 818 g/mol. The summed E-state index contributed by atoms with van der Waals surface area (Å²) in [6.45, 7) is 18.9. The van der Waals surface area contributed by atoms with Crippen LogP contribution in [0.25, 0.3) is 0 Å². The third kappa shape index (κ3) is 24.2. The molecule has 1 N–H and O–H groups in total. The molecule has 0 aromatic rings.